The van der Waals surface area contributed by atoms with Gasteiger partial charge in [0, 0.05) is 36.9 Å². The summed E-state index contributed by atoms with van der Waals surface area (Å²) in [6.45, 7) is 3.85. The molecule has 26 heavy (non-hydrogen) atoms. The lowest BCUT2D eigenvalue weighted by atomic mass is 10.1. The van der Waals surface area contributed by atoms with Crippen LogP contribution in [0.1, 0.15) is 6.92 Å². The Balaban J connectivity index is 2.96. The topological polar surface area (TPSA) is 61.8 Å². The summed E-state index contributed by atoms with van der Waals surface area (Å²) in [7, 11) is 0. The predicted octanol–water partition coefficient (Wildman–Crippen LogP) is 2.76. The zero-order valence-corrected chi connectivity index (χ0v) is 14.9. The molecule has 1 rings (SSSR count). The normalized spacial score (nSPS) is 16.7. The number of nitrogens with zero attached hydrogens (tertiary/aromatic N) is 2. The Kier molecular flexibility index (Phi) is 8.31. The fourth-order valence-corrected chi connectivity index (χ4v) is 2.47. The number of aliphatic imine (C=N–C) groups is 1. The van der Waals surface area contributed by atoms with Crippen LogP contribution in [0.5, 0.6) is 0 Å². The van der Waals surface area contributed by atoms with Crippen LogP contribution in [0.3, 0.4) is 0 Å². The van der Waals surface area contributed by atoms with E-state index in [2.05, 4.69) is 17.0 Å². The lowest BCUT2D eigenvalue weighted by Gasteiger charge is -2.18. The molecule has 0 aromatic heterocycles. The van der Waals surface area contributed by atoms with Crippen LogP contribution in [-0.2, 0) is 9.59 Å². The molecule has 0 spiro atoms. The molecule has 1 heterocycles. The lowest BCUT2D eigenvalue weighted by Crippen LogP contribution is -2.30. The molecule has 0 radical (unpaired) electrons. The molecule has 1 N–H and O–H groups in total. The molecule has 0 fully saturated rings. The van der Waals surface area contributed by atoms with Crippen molar-refractivity contribution in [2.24, 2.45) is 4.99 Å². The Morgan fingerprint density at radius 2 is 2.15 bits per heavy atom. The third-order valence-corrected chi connectivity index (χ3v) is 3.67. The molecule has 0 atom stereocenters. The van der Waals surface area contributed by atoms with Gasteiger partial charge in [-0.15, -0.1) is 11.6 Å². The highest BCUT2D eigenvalue weighted by Crippen LogP contribution is 2.23. The maximum Gasteiger partial charge on any atom is 0.405 e. The number of aldehydes is 1. The number of amides is 1. The van der Waals surface area contributed by atoms with E-state index in [1.807, 2.05) is 0 Å². The van der Waals surface area contributed by atoms with Gasteiger partial charge in [-0.3, -0.25) is 14.6 Å². The zero-order valence-electron chi connectivity index (χ0n) is 14.1. The summed E-state index contributed by atoms with van der Waals surface area (Å²) in [6, 6.07) is 0. The lowest BCUT2D eigenvalue weighted by molar-refractivity contribution is -0.125. The van der Waals surface area contributed by atoms with Crippen molar-refractivity contribution in [1.29, 1.82) is 0 Å². The van der Waals surface area contributed by atoms with Crippen molar-refractivity contribution in [2.75, 3.05) is 25.5 Å². The molecule has 1 aliphatic rings. The Hall–Kier alpha value is -2.35. The van der Waals surface area contributed by atoms with Gasteiger partial charge in [0.1, 0.15) is 12.8 Å². The van der Waals surface area contributed by atoms with Gasteiger partial charge in [0.25, 0.3) is 5.91 Å². The second-order valence-corrected chi connectivity index (χ2v) is 5.80. The summed E-state index contributed by atoms with van der Waals surface area (Å²) >= 11 is 5.86. The van der Waals surface area contributed by atoms with Crippen LogP contribution < -0.4 is 5.32 Å². The number of hydrogen-bond donors (Lipinski definition) is 1. The van der Waals surface area contributed by atoms with E-state index < -0.39 is 12.7 Å². The van der Waals surface area contributed by atoms with Crippen LogP contribution in [0.25, 0.3) is 0 Å². The summed E-state index contributed by atoms with van der Waals surface area (Å²) in [5.74, 6) is -0.187. The van der Waals surface area contributed by atoms with Crippen LogP contribution in [-0.4, -0.2) is 55.5 Å². The number of hydrogen-bond acceptors (Lipinski definition) is 4. The second-order valence-electron chi connectivity index (χ2n) is 5.53. The van der Waals surface area contributed by atoms with Crippen LogP contribution in [0.15, 0.2) is 51.8 Å². The van der Waals surface area contributed by atoms with Crippen molar-refractivity contribution in [3.05, 3.63) is 46.8 Å². The number of carbonyl (C=O) groups excluding carboxylic acids is 2. The minimum atomic E-state index is -4.38. The number of nitrogens with one attached hydrogen (secondary N) is 1. The standard InChI is InChI=1S/C17H19ClF3N3O2/c1-12(10-25)5-13(7-23-11-17(19,20)21)8-24-9-14(6-18)15(16(24)26)3-4-22-2/h3-5,7,10,23H,2,6,8-9,11H2,1H3/b4-3-,12-5?,13-7?. The first-order valence-corrected chi connectivity index (χ1v) is 8.07. The van der Waals surface area contributed by atoms with Gasteiger partial charge in [0.2, 0.25) is 0 Å². The van der Waals surface area contributed by atoms with Gasteiger partial charge < -0.3 is 10.2 Å². The van der Waals surface area contributed by atoms with E-state index in [0.717, 1.165) is 6.20 Å². The van der Waals surface area contributed by atoms with Gasteiger partial charge in [-0.25, -0.2) is 0 Å². The van der Waals surface area contributed by atoms with E-state index in [1.54, 1.807) is 0 Å². The first kappa shape index (κ1) is 21.7. The van der Waals surface area contributed by atoms with Crippen LogP contribution in [0.2, 0.25) is 0 Å². The van der Waals surface area contributed by atoms with Crippen molar-refractivity contribution in [2.45, 2.75) is 13.1 Å². The molecule has 0 saturated carbocycles. The zero-order chi connectivity index (χ0) is 19.7. The minimum absolute atomic E-state index is 0.0219. The molecule has 0 aliphatic carbocycles. The molecule has 1 amide bonds. The van der Waals surface area contributed by atoms with E-state index in [4.69, 9.17) is 11.6 Å². The third-order valence-electron chi connectivity index (χ3n) is 3.35. The van der Waals surface area contributed by atoms with Crippen molar-refractivity contribution in [1.82, 2.24) is 10.2 Å². The van der Waals surface area contributed by atoms with E-state index in [1.165, 1.54) is 30.2 Å². The highest BCUT2D eigenvalue weighted by atomic mass is 35.5. The number of carbonyl (C=O) groups is 2. The Labute approximate surface area is 154 Å². The molecule has 142 valence electrons. The number of halogens is 4. The molecule has 0 unspecified atom stereocenters. The number of allylic oxidation sites excluding steroid dienone is 1. The van der Waals surface area contributed by atoms with Gasteiger partial charge in [-0.2, -0.15) is 13.2 Å². The summed E-state index contributed by atoms with van der Waals surface area (Å²) in [5, 5.41) is 2.15. The van der Waals surface area contributed by atoms with Gasteiger partial charge in [0.05, 0.1) is 0 Å². The highest BCUT2D eigenvalue weighted by Gasteiger charge is 2.29. The predicted molar refractivity (Wildman–Crippen MR) is 95.0 cm³/mol. The molecule has 0 bridgehead atoms. The van der Waals surface area contributed by atoms with Gasteiger partial charge in [-0.05, 0) is 42.5 Å². The molecule has 0 aromatic rings. The SMILES string of the molecule is C=N/C=C\C1=C(CCl)CN(CC(C=C(C)C=O)=CNCC(F)(F)F)C1=O. The Morgan fingerprint density at radius 1 is 1.46 bits per heavy atom. The smallest absolute Gasteiger partial charge is 0.382 e. The van der Waals surface area contributed by atoms with Gasteiger partial charge in [-0.1, -0.05) is 0 Å². The number of rotatable bonds is 9. The summed E-state index contributed by atoms with van der Waals surface area (Å²) in [6.07, 6.45) is 1.62. The first-order valence-electron chi connectivity index (χ1n) is 7.54. The van der Waals surface area contributed by atoms with Gasteiger partial charge in [0.15, 0.2) is 0 Å². The average molecular weight is 390 g/mol. The fraction of sp³-hybridized carbons (Fsp3) is 0.353. The maximum atomic E-state index is 12.5. The van der Waals surface area contributed by atoms with Gasteiger partial charge >= 0.3 is 6.18 Å². The van der Waals surface area contributed by atoms with E-state index in [-0.39, 0.29) is 24.9 Å². The van der Waals surface area contributed by atoms with E-state index >= 15 is 0 Å². The highest BCUT2D eigenvalue weighted by molar-refractivity contribution is 6.20. The van der Waals surface area contributed by atoms with Crippen LogP contribution in [0, 0.1) is 0 Å². The van der Waals surface area contributed by atoms with Crippen molar-refractivity contribution in [3.63, 3.8) is 0 Å². The monoisotopic (exact) mass is 389 g/mol. The molecule has 9 heteroatoms. The summed E-state index contributed by atoms with van der Waals surface area (Å²) in [4.78, 5) is 28.3. The average Bonchev–Trinajstić information content (AvgIpc) is 2.86. The largest absolute Gasteiger partial charge is 0.405 e. The summed E-state index contributed by atoms with van der Waals surface area (Å²) in [5.41, 5.74) is 1.73. The van der Waals surface area contributed by atoms with E-state index in [0.29, 0.717) is 28.6 Å². The number of alkyl halides is 4. The second kappa shape index (κ2) is 9.96. The molecular weight excluding hydrogens is 371 g/mol. The Morgan fingerprint density at radius 3 is 2.69 bits per heavy atom. The molecule has 0 aromatic carbocycles. The fourth-order valence-electron chi connectivity index (χ4n) is 2.24. The molecular formula is C17H19ClF3N3O2. The maximum absolute atomic E-state index is 12.5. The molecule has 5 nitrogen and oxygen atoms in total. The Bertz CT molecular complexity index is 679. The third kappa shape index (κ3) is 6.87. The van der Waals surface area contributed by atoms with Crippen molar-refractivity contribution < 1.29 is 22.8 Å². The van der Waals surface area contributed by atoms with E-state index in [9.17, 15) is 22.8 Å². The molecule has 0 saturated heterocycles. The molecule has 1 aliphatic heterocycles. The summed E-state index contributed by atoms with van der Waals surface area (Å²) < 4.78 is 36.9. The quantitative estimate of drug-likeness (QED) is 0.217. The first-order chi connectivity index (χ1) is 12.2. The van der Waals surface area contributed by atoms with Crippen LogP contribution >= 0.6 is 11.6 Å². The minimum Gasteiger partial charge on any atom is -0.382 e. The van der Waals surface area contributed by atoms with Crippen molar-refractivity contribution >= 4 is 30.5 Å². The van der Waals surface area contributed by atoms with Crippen molar-refractivity contribution in [3.8, 4) is 0 Å². The van der Waals surface area contributed by atoms with Crippen LogP contribution in [0.4, 0.5) is 13.2 Å².